The lowest BCUT2D eigenvalue weighted by Gasteiger charge is -2.34. The summed E-state index contributed by atoms with van der Waals surface area (Å²) in [4.78, 5) is 17.2. The molecule has 0 atom stereocenters. The Bertz CT molecular complexity index is 972. The highest BCUT2D eigenvalue weighted by Crippen LogP contribution is 2.32. The quantitative estimate of drug-likeness (QED) is 0.559. The summed E-state index contributed by atoms with van der Waals surface area (Å²) < 4.78 is 26.1. The number of benzene rings is 1. The van der Waals surface area contributed by atoms with Crippen LogP contribution in [0.25, 0.3) is 0 Å². The zero-order valence-corrected chi connectivity index (χ0v) is 16.6. The number of nitro groups is 1. The minimum atomic E-state index is -3.74. The van der Waals surface area contributed by atoms with E-state index in [9.17, 15) is 18.5 Å². The molecule has 1 aromatic carbocycles. The minimum Gasteiger partial charge on any atom is -0.367 e. The van der Waals surface area contributed by atoms with Gasteiger partial charge in [-0.2, -0.15) is 0 Å². The average Bonchev–Trinajstić information content (AvgIpc) is 2.68. The summed E-state index contributed by atoms with van der Waals surface area (Å²) in [6.07, 6.45) is 1.59. The first-order chi connectivity index (χ1) is 13.3. The Morgan fingerprint density at radius 3 is 2.54 bits per heavy atom. The van der Waals surface area contributed by atoms with Crippen molar-refractivity contribution in [2.24, 2.45) is 0 Å². The second-order valence-corrected chi connectivity index (χ2v) is 8.57. The molecule has 1 aliphatic rings. The molecule has 0 amide bonds. The minimum absolute atomic E-state index is 0.118. The van der Waals surface area contributed by atoms with Gasteiger partial charge >= 0.3 is 0 Å². The zero-order chi connectivity index (χ0) is 20.3. The van der Waals surface area contributed by atoms with Crippen LogP contribution in [0.2, 0.25) is 0 Å². The Balaban J connectivity index is 1.74. The van der Waals surface area contributed by atoms with Gasteiger partial charge in [0, 0.05) is 30.9 Å². The highest BCUT2D eigenvalue weighted by molar-refractivity contribution is 7.89. The van der Waals surface area contributed by atoms with E-state index >= 15 is 0 Å². The fourth-order valence-corrected chi connectivity index (χ4v) is 4.05. The molecule has 2 aromatic rings. The van der Waals surface area contributed by atoms with E-state index in [0.717, 1.165) is 30.4 Å². The number of nitrogens with one attached hydrogen (secondary N) is 2. The third-order valence-electron chi connectivity index (χ3n) is 4.80. The summed E-state index contributed by atoms with van der Waals surface area (Å²) in [7, 11) is -2.46. The zero-order valence-electron chi connectivity index (χ0n) is 15.8. The van der Waals surface area contributed by atoms with E-state index in [1.165, 1.54) is 19.2 Å². The number of hydrogen-bond donors (Lipinski definition) is 2. The number of aromatic nitrogens is 1. The van der Waals surface area contributed by atoms with Crippen molar-refractivity contribution in [2.75, 3.05) is 30.4 Å². The smallest absolute Gasteiger partial charge is 0.293 e. The molecule has 2 N–H and O–H groups in total. The highest BCUT2D eigenvalue weighted by Gasteiger charge is 2.27. The molecule has 0 unspecified atom stereocenters. The van der Waals surface area contributed by atoms with Crippen LogP contribution >= 0.6 is 0 Å². The van der Waals surface area contributed by atoms with Crippen molar-refractivity contribution in [3.63, 3.8) is 0 Å². The van der Waals surface area contributed by atoms with Crippen molar-refractivity contribution >= 4 is 27.2 Å². The van der Waals surface area contributed by atoms with Crippen LogP contribution in [0.3, 0.4) is 0 Å². The van der Waals surface area contributed by atoms with Crippen molar-refractivity contribution in [2.45, 2.75) is 30.7 Å². The SMILES string of the molecule is CNS(=O)(=O)c1ccc(N2CCC(Nc3cccc(C)n3)CC2)c([N+](=O)[O-])c1. The largest absolute Gasteiger partial charge is 0.367 e. The molecule has 0 saturated carbocycles. The first-order valence-electron chi connectivity index (χ1n) is 8.97. The van der Waals surface area contributed by atoms with Crippen molar-refractivity contribution in [1.82, 2.24) is 9.71 Å². The number of sulfonamides is 1. The number of pyridine rings is 1. The summed E-state index contributed by atoms with van der Waals surface area (Å²) in [6.45, 7) is 3.19. The molecule has 10 heteroatoms. The van der Waals surface area contributed by atoms with Gasteiger partial charge in [-0.1, -0.05) is 6.07 Å². The van der Waals surface area contributed by atoms with Crippen molar-refractivity contribution < 1.29 is 13.3 Å². The molecule has 0 radical (unpaired) electrons. The monoisotopic (exact) mass is 405 g/mol. The van der Waals surface area contributed by atoms with Gasteiger partial charge in [0.2, 0.25) is 10.0 Å². The Morgan fingerprint density at radius 2 is 1.93 bits per heavy atom. The predicted molar refractivity (Wildman–Crippen MR) is 107 cm³/mol. The lowest BCUT2D eigenvalue weighted by molar-refractivity contribution is -0.384. The first-order valence-corrected chi connectivity index (χ1v) is 10.5. The highest BCUT2D eigenvalue weighted by atomic mass is 32.2. The van der Waals surface area contributed by atoms with Crippen LogP contribution in [0, 0.1) is 17.0 Å². The van der Waals surface area contributed by atoms with Crippen LogP contribution in [0.4, 0.5) is 17.2 Å². The molecule has 0 spiro atoms. The number of hydrogen-bond acceptors (Lipinski definition) is 7. The van der Waals surface area contributed by atoms with Crippen LogP contribution in [0.15, 0.2) is 41.3 Å². The lowest BCUT2D eigenvalue weighted by atomic mass is 10.0. The Labute approximate surface area is 164 Å². The fraction of sp³-hybridized carbons (Fsp3) is 0.389. The molecule has 28 heavy (non-hydrogen) atoms. The molecule has 1 saturated heterocycles. The van der Waals surface area contributed by atoms with Gasteiger partial charge in [-0.3, -0.25) is 10.1 Å². The molecular weight excluding hydrogens is 382 g/mol. The summed E-state index contributed by atoms with van der Waals surface area (Å²) >= 11 is 0. The molecule has 1 aromatic heterocycles. The van der Waals surface area contributed by atoms with Crippen molar-refractivity contribution in [1.29, 1.82) is 0 Å². The molecule has 3 rings (SSSR count). The van der Waals surface area contributed by atoms with Crippen LogP contribution in [-0.4, -0.2) is 44.5 Å². The summed E-state index contributed by atoms with van der Waals surface area (Å²) in [5.41, 5.74) is 1.17. The third kappa shape index (κ3) is 4.39. The maximum absolute atomic E-state index is 11.9. The maximum atomic E-state index is 11.9. The van der Waals surface area contributed by atoms with Crippen LogP contribution in [0.5, 0.6) is 0 Å². The Kier molecular flexibility index (Phi) is 5.80. The van der Waals surface area contributed by atoms with Crippen LogP contribution in [0.1, 0.15) is 18.5 Å². The van der Waals surface area contributed by atoms with Crippen LogP contribution < -0.4 is 14.9 Å². The van der Waals surface area contributed by atoms with Gasteiger partial charge in [-0.05, 0) is 51.1 Å². The molecule has 1 fully saturated rings. The average molecular weight is 405 g/mol. The predicted octanol–water partition coefficient (Wildman–Crippen LogP) is 2.29. The fourth-order valence-electron chi connectivity index (χ4n) is 3.30. The summed E-state index contributed by atoms with van der Waals surface area (Å²) in [6, 6.07) is 10.1. The second kappa shape index (κ2) is 8.11. The van der Waals surface area contributed by atoms with Crippen molar-refractivity contribution in [3.05, 3.63) is 52.2 Å². The standard InChI is InChI=1S/C18H23N5O4S/c1-13-4-3-5-18(20-13)21-14-8-10-22(11-9-14)16-7-6-15(28(26,27)19-2)12-17(16)23(24)25/h3-7,12,14,19H,8-11H2,1-2H3,(H,20,21). The van der Waals surface area contributed by atoms with E-state index in [1.54, 1.807) is 0 Å². The number of nitro benzene ring substituents is 1. The first kappa shape index (κ1) is 20.0. The van der Waals surface area contributed by atoms with Crippen LogP contribution in [-0.2, 0) is 10.0 Å². The Morgan fingerprint density at radius 1 is 1.21 bits per heavy atom. The summed E-state index contributed by atoms with van der Waals surface area (Å²) in [5.74, 6) is 0.825. The van der Waals surface area contributed by atoms with E-state index in [4.69, 9.17) is 0 Å². The number of rotatable bonds is 6. The van der Waals surface area contributed by atoms with Gasteiger partial charge in [0.05, 0.1) is 9.82 Å². The molecule has 1 aliphatic heterocycles. The van der Waals surface area contributed by atoms with Gasteiger partial charge in [-0.15, -0.1) is 0 Å². The van der Waals surface area contributed by atoms with E-state index in [0.29, 0.717) is 18.8 Å². The van der Waals surface area contributed by atoms with E-state index in [1.807, 2.05) is 30.0 Å². The van der Waals surface area contributed by atoms with Gasteiger partial charge < -0.3 is 10.2 Å². The Hall–Kier alpha value is -2.72. The van der Waals surface area contributed by atoms with Gasteiger partial charge in [-0.25, -0.2) is 18.1 Å². The molecule has 9 nitrogen and oxygen atoms in total. The second-order valence-electron chi connectivity index (χ2n) is 6.69. The van der Waals surface area contributed by atoms with E-state index in [2.05, 4.69) is 15.0 Å². The molecule has 150 valence electrons. The van der Waals surface area contributed by atoms with Gasteiger partial charge in [0.15, 0.2) is 0 Å². The van der Waals surface area contributed by atoms with Gasteiger partial charge in [0.1, 0.15) is 11.5 Å². The topological polar surface area (TPSA) is 117 Å². The number of piperidine rings is 1. The number of anilines is 2. The molecule has 2 heterocycles. The van der Waals surface area contributed by atoms with Crippen molar-refractivity contribution in [3.8, 4) is 0 Å². The number of nitrogens with zero attached hydrogens (tertiary/aromatic N) is 3. The molecule has 0 bridgehead atoms. The van der Waals surface area contributed by atoms with E-state index < -0.39 is 14.9 Å². The third-order valence-corrected chi connectivity index (χ3v) is 6.21. The molecule has 0 aliphatic carbocycles. The number of aryl methyl sites for hydroxylation is 1. The maximum Gasteiger partial charge on any atom is 0.293 e. The molecular formula is C18H23N5O4S. The van der Waals surface area contributed by atoms with E-state index in [-0.39, 0.29) is 16.6 Å². The lowest BCUT2D eigenvalue weighted by Crippen LogP contribution is -2.39. The van der Waals surface area contributed by atoms with Gasteiger partial charge in [0.25, 0.3) is 5.69 Å². The normalized spacial score (nSPS) is 15.4. The summed E-state index contributed by atoms with van der Waals surface area (Å²) in [5, 5.41) is 14.9.